The Hall–Kier alpha value is -1.68. The molecule has 2 N–H and O–H groups in total. The van der Waals surface area contributed by atoms with Gasteiger partial charge in [0.2, 0.25) is 0 Å². The number of Topliss-reactive ketones (excluding diaryl/α,β-unsaturated/α-hetero) is 1. The summed E-state index contributed by atoms with van der Waals surface area (Å²) in [4.78, 5) is 21.6. The molecule has 4 nitrogen and oxygen atoms in total. The normalized spacial score (nSPS) is 11.1. The number of aliphatic carboxylic acids is 1. The number of carbonyl (C=O) groups is 2. The fraction of sp³-hybridized carbons (Fsp3) is 0.273. The van der Waals surface area contributed by atoms with Gasteiger partial charge in [0.25, 0.3) is 5.78 Å². The molecule has 0 fully saturated rings. The van der Waals surface area contributed by atoms with Crippen LogP contribution < -0.4 is 0 Å². The number of carboxylic acid groups (broad SMARTS) is 1. The minimum Gasteiger partial charge on any atom is -0.475 e. The molecule has 15 heavy (non-hydrogen) atoms. The van der Waals surface area contributed by atoms with Gasteiger partial charge < -0.3 is 10.2 Å². The van der Waals surface area contributed by atoms with Gasteiger partial charge in [-0.3, -0.25) is 4.79 Å². The molecule has 0 atom stereocenters. The standard InChI is InChI=1S/C11H12O4/c1-11(2,15)8-5-3-4-7(6-8)9(12)10(13)14/h3-6,15H,1-2H3,(H,13,14). The molecule has 0 aliphatic heterocycles. The monoisotopic (exact) mass is 208 g/mol. The van der Waals surface area contributed by atoms with E-state index in [0.29, 0.717) is 5.56 Å². The second-order valence-corrected chi connectivity index (χ2v) is 3.77. The molecule has 0 unspecified atom stereocenters. The van der Waals surface area contributed by atoms with Crippen molar-refractivity contribution in [2.45, 2.75) is 19.4 Å². The molecule has 0 heterocycles. The van der Waals surface area contributed by atoms with Crippen LogP contribution in [0.4, 0.5) is 0 Å². The molecule has 0 amide bonds. The summed E-state index contributed by atoms with van der Waals surface area (Å²) in [6, 6.07) is 5.98. The Morgan fingerprint density at radius 1 is 1.27 bits per heavy atom. The van der Waals surface area contributed by atoms with Crippen molar-refractivity contribution in [1.29, 1.82) is 0 Å². The molecule has 0 saturated heterocycles. The zero-order valence-corrected chi connectivity index (χ0v) is 8.52. The molecule has 1 aromatic rings. The molecule has 0 saturated carbocycles. The van der Waals surface area contributed by atoms with E-state index in [2.05, 4.69) is 0 Å². The van der Waals surface area contributed by atoms with Gasteiger partial charge in [-0.2, -0.15) is 0 Å². The van der Waals surface area contributed by atoms with Gasteiger partial charge in [-0.05, 0) is 25.5 Å². The van der Waals surface area contributed by atoms with Crippen molar-refractivity contribution >= 4 is 11.8 Å². The van der Waals surface area contributed by atoms with Gasteiger partial charge in [-0.15, -0.1) is 0 Å². The lowest BCUT2D eigenvalue weighted by molar-refractivity contribution is -0.131. The van der Waals surface area contributed by atoms with Crippen molar-refractivity contribution < 1.29 is 19.8 Å². The van der Waals surface area contributed by atoms with E-state index in [9.17, 15) is 14.7 Å². The first-order valence-corrected chi connectivity index (χ1v) is 4.43. The predicted octanol–water partition coefficient (Wildman–Crippen LogP) is 1.18. The second-order valence-electron chi connectivity index (χ2n) is 3.77. The van der Waals surface area contributed by atoms with E-state index in [0.717, 1.165) is 0 Å². The molecule has 0 radical (unpaired) electrons. The molecule has 0 spiro atoms. The number of benzene rings is 1. The highest BCUT2D eigenvalue weighted by atomic mass is 16.4. The molecule has 1 rings (SSSR count). The SMILES string of the molecule is CC(C)(O)c1cccc(C(=O)C(=O)O)c1. The highest BCUT2D eigenvalue weighted by Crippen LogP contribution is 2.20. The van der Waals surface area contributed by atoms with E-state index >= 15 is 0 Å². The molecule has 0 aromatic heterocycles. The van der Waals surface area contributed by atoms with Crippen LogP contribution in [-0.4, -0.2) is 22.0 Å². The van der Waals surface area contributed by atoms with Crippen molar-refractivity contribution in [1.82, 2.24) is 0 Å². The van der Waals surface area contributed by atoms with Crippen LogP contribution in [0.15, 0.2) is 24.3 Å². The minimum atomic E-state index is -1.50. The lowest BCUT2D eigenvalue weighted by Gasteiger charge is -2.17. The quantitative estimate of drug-likeness (QED) is 0.577. The van der Waals surface area contributed by atoms with Crippen LogP contribution >= 0.6 is 0 Å². The smallest absolute Gasteiger partial charge is 0.377 e. The second kappa shape index (κ2) is 3.82. The van der Waals surface area contributed by atoms with Gasteiger partial charge in [0.15, 0.2) is 0 Å². The Balaban J connectivity index is 3.14. The van der Waals surface area contributed by atoms with Crippen LogP contribution in [0.25, 0.3) is 0 Å². The van der Waals surface area contributed by atoms with Crippen LogP contribution in [0.2, 0.25) is 0 Å². The highest BCUT2D eigenvalue weighted by Gasteiger charge is 2.19. The van der Waals surface area contributed by atoms with Crippen molar-refractivity contribution in [2.75, 3.05) is 0 Å². The number of carboxylic acids is 1. The Kier molecular flexibility index (Phi) is 2.90. The number of rotatable bonds is 3. The summed E-state index contributed by atoms with van der Waals surface area (Å²) in [5.41, 5.74) is -0.508. The number of carbonyl (C=O) groups excluding carboxylic acids is 1. The van der Waals surface area contributed by atoms with E-state index in [-0.39, 0.29) is 5.56 Å². The molecule has 0 aliphatic rings. The first-order chi connectivity index (χ1) is 6.82. The molecule has 0 bridgehead atoms. The summed E-state index contributed by atoms with van der Waals surface area (Å²) >= 11 is 0. The van der Waals surface area contributed by atoms with Gasteiger partial charge in [-0.1, -0.05) is 18.2 Å². The minimum absolute atomic E-state index is 0.0714. The van der Waals surface area contributed by atoms with Gasteiger partial charge >= 0.3 is 5.97 Å². The topological polar surface area (TPSA) is 74.6 Å². The van der Waals surface area contributed by atoms with Gasteiger partial charge in [-0.25, -0.2) is 4.79 Å². The van der Waals surface area contributed by atoms with Gasteiger partial charge in [0.05, 0.1) is 5.60 Å². The predicted molar refractivity (Wildman–Crippen MR) is 53.7 cm³/mol. The summed E-state index contributed by atoms with van der Waals surface area (Å²) in [7, 11) is 0. The maximum Gasteiger partial charge on any atom is 0.377 e. The lowest BCUT2D eigenvalue weighted by Crippen LogP contribution is -2.18. The van der Waals surface area contributed by atoms with Gasteiger partial charge in [0.1, 0.15) is 0 Å². The largest absolute Gasteiger partial charge is 0.475 e. The van der Waals surface area contributed by atoms with E-state index < -0.39 is 17.4 Å². The van der Waals surface area contributed by atoms with E-state index in [4.69, 9.17) is 5.11 Å². The zero-order chi connectivity index (χ0) is 11.6. The lowest BCUT2D eigenvalue weighted by atomic mass is 9.95. The first kappa shape index (κ1) is 11.4. The molecular weight excluding hydrogens is 196 g/mol. The van der Waals surface area contributed by atoms with Crippen LogP contribution in [0.3, 0.4) is 0 Å². The van der Waals surface area contributed by atoms with Crippen molar-refractivity contribution in [3.05, 3.63) is 35.4 Å². The van der Waals surface area contributed by atoms with Crippen molar-refractivity contribution in [3.8, 4) is 0 Å². The number of ketones is 1. The number of hydrogen-bond acceptors (Lipinski definition) is 3. The summed E-state index contributed by atoms with van der Waals surface area (Å²) in [5.74, 6) is -2.47. The van der Waals surface area contributed by atoms with Crippen molar-refractivity contribution in [2.24, 2.45) is 0 Å². The third-order valence-corrected chi connectivity index (χ3v) is 2.03. The van der Waals surface area contributed by atoms with Crippen LogP contribution in [-0.2, 0) is 10.4 Å². The summed E-state index contributed by atoms with van der Waals surface area (Å²) in [5, 5.41) is 18.2. The van der Waals surface area contributed by atoms with E-state index in [1.807, 2.05) is 0 Å². The molecule has 80 valence electrons. The average molecular weight is 208 g/mol. The van der Waals surface area contributed by atoms with E-state index in [1.54, 1.807) is 26.0 Å². The van der Waals surface area contributed by atoms with Crippen molar-refractivity contribution in [3.63, 3.8) is 0 Å². The highest BCUT2D eigenvalue weighted by molar-refractivity contribution is 6.39. The molecule has 1 aromatic carbocycles. The summed E-state index contributed by atoms with van der Waals surface area (Å²) < 4.78 is 0. The van der Waals surface area contributed by atoms with Gasteiger partial charge in [0, 0.05) is 5.56 Å². The Morgan fingerprint density at radius 2 is 1.87 bits per heavy atom. The fourth-order valence-electron chi connectivity index (χ4n) is 1.16. The molecule has 0 aliphatic carbocycles. The third kappa shape index (κ3) is 2.63. The third-order valence-electron chi connectivity index (χ3n) is 2.03. The number of hydrogen-bond donors (Lipinski definition) is 2. The Morgan fingerprint density at radius 3 is 2.33 bits per heavy atom. The first-order valence-electron chi connectivity index (χ1n) is 4.43. The Bertz CT molecular complexity index is 401. The average Bonchev–Trinajstić information content (AvgIpc) is 2.15. The molecule has 4 heteroatoms. The van der Waals surface area contributed by atoms with Crippen LogP contribution in [0.1, 0.15) is 29.8 Å². The maximum absolute atomic E-state index is 11.1. The fourth-order valence-corrected chi connectivity index (χ4v) is 1.16. The number of aliphatic hydroxyl groups is 1. The Labute approximate surface area is 87.2 Å². The summed E-state index contributed by atoms with van der Waals surface area (Å²) in [6.45, 7) is 3.13. The maximum atomic E-state index is 11.1. The van der Waals surface area contributed by atoms with Crippen LogP contribution in [0, 0.1) is 0 Å². The van der Waals surface area contributed by atoms with E-state index in [1.165, 1.54) is 12.1 Å². The zero-order valence-electron chi connectivity index (χ0n) is 8.52. The summed E-state index contributed by atoms with van der Waals surface area (Å²) in [6.07, 6.45) is 0. The molecular formula is C11H12O4. The van der Waals surface area contributed by atoms with Crippen LogP contribution in [0.5, 0.6) is 0 Å².